The summed E-state index contributed by atoms with van der Waals surface area (Å²) in [6.07, 6.45) is 3.81. The van der Waals surface area contributed by atoms with Crippen LogP contribution in [0.5, 0.6) is 0 Å². The zero-order chi connectivity index (χ0) is 12.4. The van der Waals surface area contributed by atoms with E-state index in [0.29, 0.717) is 5.92 Å². The standard InChI is InChI=1S/C13H23N5/c1-11(9-17-6-2-3-7-17)10-18-13-4-5-14-8-12(13)15-16-18/h11,14H,2-10H2,1H3. The molecule has 100 valence electrons. The second-order valence-corrected chi connectivity index (χ2v) is 5.70. The minimum atomic E-state index is 0.656. The van der Waals surface area contributed by atoms with Gasteiger partial charge in [0.25, 0.3) is 0 Å². The van der Waals surface area contributed by atoms with E-state index in [0.717, 1.165) is 31.7 Å². The first kappa shape index (κ1) is 12.1. The molecule has 3 rings (SSSR count). The third kappa shape index (κ3) is 2.57. The first-order valence-corrected chi connectivity index (χ1v) is 7.17. The Hall–Kier alpha value is -0.940. The molecule has 1 aromatic heterocycles. The summed E-state index contributed by atoms with van der Waals surface area (Å²) in [7, 11) is 0. The van der Waals surface area contributed by atoms with Gasteiger partial charge in [0.15, 0.2) is 0 Å². The summed E-state index contributed by atoms with van der Waals surface area (Å²) in [5, 5.41) is 11.9. The molecule has 0 amide bonds. The van der Waals surface area contributed by atoms with Crippen molar-refractivity contribution in [3.05, 3.63) is 11.4 Å². The molecule has 1 atom stereocenters. The minimum Gasteiger partial charge on any atom is -0.311 e. The van der Waals surface area contributed by atoms with E-state index in [2.05, 4.69) is 32.1 Å². The second-order valence-electron chi connectivity index (χ2n) is 5.70. The normalized spacial score (nSPS) is 22.1. The van der Waals surface area contributed by atoms with Crippen molar-refractivity contribution in [3.63, 3.8) is 0 Å². The van der Waals surface area contributed by atoms with Crippen LogP contribution < -0.4 is 5.32 Å². The lowest BCUT2D eigenvalue weighted by Crippen LogP contribution is -2.29. The smallest absolute Gasteiger partial charge is 0.0997 e. The van der Waals surface area contributed by atoms with E-state index < -0.39 is 0 Å². The van der Waals surface area contributed by atoms with Crippen LogP contribution in [0, 0.1) is 5.92 Å². The van der Waals surface area contributed by atoms with Gasteiger partial charge in [-0.15, -0.1) is 5.10 Å². The monoisotopic (exact) mass is 249 g/mol. The average Bonchev–Trinajstić information content (AvgIpc) is 3.00. The van der Waals surface area contributed by atoms with Crippen molar-refractivity contribution < 1.29 is 0 Å². The van der Waals surface area contributed by atoms with Gasteiger partial charge >= 0.3 is 0 Å². The van der Waals surface area contributed by atoms with Crippen LogP contribution in [-0.4, -0.2) is 46.1 Å². The molecule has 1 aromatic rings. The molecule has 1 unspecified atom stereocenters. The third-order valence-electron chi connectivity index (χ3n) is 4.00. The summed E-state index contributed by atoms with van der Waals surface area (Å²) in [5.41, 5.74) is 2.50. The van der Waals surface area contributed by atoms with Crippen molar-refractivity contribution in [2.75, 3.05) is 26.2 Å². The van der Waals surface area contributed by atoms with Gasteiger partial charge in [0.2, 0.25) is 0 Å². The zero-order valence-electron chi connectivity index (χ0n) is 11.2. The van der Waals surface area contributed by atoms with Gasteiger partial charge in [-0.25, -0.2) is 4.68 Å². The van der Waals surface area contributed by atoms with Crippen LogP contribution in [0.25, 0.3) is 0 Å². The molecule has 5 heteroatoms. The van der Waals surface area contributed by atoms with Crippen LogP contribution in [0.4, 0.5) is 0 Å². The topological polar surface area (TPSA) is 46.0 Å². The van der Waals surface area contributed by atoms with Crippen molar-refractivity contribution in [2.24, 2.45) is 5.92 Å². The maximum absolute atomic E-state index is 4.32. The van der Waals surface area contributed by atoms with Crippen LogP contribution in [0.1, 0.15) is 31.2 Å². The molecule has 1 fully saturated rings. The molecule has 5 nitrogen and oxygen atoms in total. The number of hydrogen-bond acceptors (Lipinski definition) is 4. The van der Waals surface area contributed by atoms with Gasteiger partial charge in [-0.2, -0.15) is 0 Å². The Labute approximate surface area is 109 Å². The van der Waals surface area contributed by atoms with E-state index in [1.165, 1.54) is 38.2 Å². The maximum atomic E-state index is 4.32. The Morgan fingerprint density at radius 3 is 2.94 bits per heavy atom. The fraction of sp³-hybridized carbons (Fsp3) is 0.846. The molecule has 3 heterocycles. The second kappa shape index (κ2) is 5.36. The predicted octanol–water partition coefficient (Wildman–Crippen LogP) is 0.656. The number of likely N-dealkylation sites (tertiary alicyclic amines) is 1. The van der Waals surface area contributed by atoms with E-state index >= 15 is 0 Å². The molecule has 1 N–H and O–H groups in total. The zero-order valence-corrected chi connectivity index (χ0v) is 11.2. The molecule has 18 heavy (non-hydrogen) atoms. The van der Waals surface area contributed by atoms with E-state index in [1.807, 2.05) is 0 Å². The van der Waals surface area contributed by atoms with Gasteiger partial charge in [0.1, 0.15) is 0 Å². The highest BCUT2D eigenvalue weighted by molar-refractivity contribution is 5.13. The first-order valence-electron chi connectivity index (χ1n) is 7.17. The Morgan fingerprint density at radius 2 is 2.11 bits per heavy atom. The molecular weight excluding hydrogens is 226 g/mol. The molecule has 0 spiro atoms. The summed E-state index contributed by atoms with van der Waals surface area (Å²) in [6.45, 7) is 9.04. The predicted molar refractivity (Wildman–Crippen MR) is 70.3 cm³/mol. The summed E-state index contributed by atoms with van der Waals surface area (Å²) in [5.74, 6) is 0.656. The number of rotatable bonds is 4. The van der Waals surface area contributed by atoms with Crippen LogP contribution in [0.15, 0.2) is 0 Å². The van der Waals surface area contributed by atoms with Crippen LogP contribution >= 0.6 is 0 Å². The van der Waals surface area contributed by atoms with Gasteiger partial charge in [-0.05, 0) is 31.8 Å². The van der Waals surface area contributed by atoms with Crippen molar-refractivity contribution in [1.29, 1.82) is 0 Å². The Kier molecular flexibility index (Phi) is 3.61. The fourth-order valence-corrected chi connectivity index (χ4v) is 3.10. The number of fused-ring (bicyclic) bond motifs is 1. The van der Waals surface area contributed by atoms with Crippen molar-refractivity contribution >= 4 is 0 Å². The lowest BCUT2D eigenvalue weighted by molar-refractivity contribution is 0.264. The number of nitrogens with one attached hydrogen (secondary N) is 1. The summed E-state index contributed by atoms with van der Waals surface area (Å²) in [4.78, 5) is 2.58. The Morgan fingerprint density at radius 1 is 1.28 bits per heavy atom. The maximum Gasteiger partial charge on any atom is 0.0997 e. The molecule has 2 aliphatic heterocycles. The van der Waals surface area contributed by atoms with E-state index in [1.54, 1.807) is 0 Å². The van der Waals surface area contributed by atoms with Crippen molar-refractivity contribution in [2.45, 2.75) is 39.3 Å². The van der Waals surface area contributed by atoms with Crippen LogP contribution in [-0.2, 0) is 19.5 Å². The highest BCUT2D eigenvalue weighted by Crippen LogP contribution is 2.15. The molecule has 1 saturated heterocycles. The third-order valence-corrected chi connectivity index (χ3v) is 4.00. The van der Waals surface area contributed by atoms with Gasteiger partial charge in [-0.3, -0.25) is 0 Å². The van der Waals surface area contributed by atoms with Crippen LogP contribution in [0.2, 0.25) is 0 Å². The van der Waals surface area contributed by atoms with Crippen molar-refractivity contribution in [1.82, 2.24) is 25.2 Å². The fourth-order valence-electron chi connectivity index (χ4n) is 3.10. The molecule has 0 saturated carbocycles. The van der Waals surface area contributed by atoms with Gasteiger partial charge in [0.05, 0.1) is 11.4 Å². The lowest BCUT2D eigenvalue weighted by atomic mass is 10.1. The largest absolute Gasteiger partial charge is 0.311 e. The summed E-state index contributed by atoms with van der Waals surface area (Å²) >= 11 is 0. The SMILES string of the molecule is CC(CN1CCCC1)Cn1nnc2c1CCNC2. The number of hydrogen-bond donors (Lipinski definition) is 1. The van der Waals surface area contributed by atoms with Gasteiger partial charge < -0.3 is 10.2 Å². The van der Waals surface area contributed by atoms with Gasteiger partial charge in [-0.1, -0.05) is 12.1 Å². The average molecular weight is 249 g/mol. The quantitative estimate of drug-likeness (QED) is 0.851. The van der Waals surface area contributed by atoms with Crippen LogP contribution in [0.3, 0.4) is 0 Å². The Bertz CT molecular complexity index is 394. The first-order chi connectivity index (χ1) is 8.83. The molecule has 0 aromatic carbocycles. The lowest BCUT2D eigenvalue weighted by Gasteiger charge is -2.21. The summed E-state index contributed by atoms with van der Waals surface area (Å²) in [6, 6.07) is 0. The highest BCUT2D eigenvalue weighted by atomic mass is 15.4. The Balaban J connectivity index is 1.59. The number of aromatic nitrogens is 3. The minimum absolute atomic E-state index is 0.656. The highest BCUT2D eigenvalue weighted by Gasteiger charge is 2.19. The van der Waals surface area contributed by atoms with Crippen molar-refractivity contribution in [3.8, 4) is 0 Å². The molecule has 0 radical (unpaired) electrons. The molecule has 0 aliphatic carbocycles. The molecule has 0 bridgehead atoms. The van der Waals surface area contributed by atoms with Gasteiger partial charge in [0, 0.05) is 32.6 Å². The number of nitrogens with zero attached hydrogens (tertiary/aromatic N) is 4. The molecular formula is C13H23N5. The molecule has 2 aliphatic rings. The van der Waals surface area contributed by atoms with E-state index in [9.17, 15) is 0 Å². The summed E-state index contributed by atoms with van der Waals surface area (Å²) < 4.78 is 2.14. The van der Waals surface area contributed by atoms with E-state index in [4.69, 9.17) is 0 Å². The van der Waals surface area contributed by atoms with E-state index in [-0.39, 0.29) is 0 Å².